The molecular formula is C29H47NO2SSi. The Balaban J connectivity index is 1.34. The molecule has 0 saturated heterocycles. The molecule has 0 bridgehead atoms. The number of nitrogens with zero attached hydrogens (tertiary/aromatic N) is 1. The van der Waals surface area contributed by atoms with Crippen LogP contribution in [0.15, 0.2) is 24.3 Å². The number of aliphatic hydroxyl groups excluding tert-OH is 1. The summed E-state index contributed by atoms with van der Waals surface area (Å²) in [7, 11) is -1.56. The van der Waals surface area contributed by atoms with E-state index in [4.69, 9.17) is 4.43 Å². The number of thiazole rings is 1. The van der Waals surface area contributed by atoms with Gasteiger partial charge in [0.05, 0.1) is 10.2 Å². The molecule has 3 nitrogen and oxygen atoms in total. The van der Waals surface area contributed by atoms with Gasteiger partial charge in [-0.3, -0.25) is 0 Å². The lowest BCUT2D eigenvalue weighted by molar-refractivity contribution is -0.0205. The van der Waals surface area contributed by atoms with Gasteiger partial charge in [-0.05, 0) is 85.5 Å². The van der Waals surface area contributed by atoms with Gasteiger partial charge in [0.15, 0.2) is 8.32 Å². The number of benzene rings is 1. The smallest absolute Gasteiger partial charge is 0.192 e. The Kier molecular flexibility index (Phi) is 8.59. The van der Waals surface area contributed by atoms with Gasteiger partial charge in [0.2, 0.25) is 0 Å². The summed E-state index contributed by atoms with van der Waals surface area (Å²) < 4.78 is 8.29. The van der Waals surface area contributed by atoms with E-state index < -0.39 is 14.4 Å². The van der Waals surface area contributed by atoms with E-state index in [0.717, 1.165) is 35.2 Å². The van der Waals surface area contributed by atoms with Crippen LogP contribution in [-0.4, -0.2) is 24.5 Å². The third-order valence-electron chi connectivity index (χ3n) is 9.89. The van der Waals surface area contributed by atoms with Gasteiger partial charge < -0.3 is 9.53 Å². The zero-order valence-electron chi connectivity index (χ0n) is 22.2. The fraction of sp³-hybridized carbons (Fsp3) is 0.759. The highest BCUT2D eigenvalue weighted by molar-refractivity contribution is 7.18. The van der Waals surface area contributed by atoms with Crippen LogP contribution in [0.2, 0.25) is 18.1 Å². The van der Waals surface area contributed by atoms with Crippen molar-refractivity contribution in [3.05, 3.63) is 29.3 Å². The molecule has 5 heteroatoms. The predicted molar refractivity (Wildman–Crippen MR) is 148 cm³/mol. The normalized spacial score (nSPS) is 29.3. The molecule has 1 N–H and O–H groups in total. The van der Waals surface area contributed by atoms with Crippen molar-refractivity contribution in [2.75, 3.05) is 0 Å². The minimum Gasteiger partial charge on any atom is -0.414 e. The Hall–Kier alpha value is -0.753. The molecule has 0 amide bonds. The lowest BCUT2D eigenvalue weighted by atomic mass is 9.61. The first-order valence-corrected chi connectivity index (χ1v) is 17.4. The Bertz CT molecular complexity index is 886. The van der Waals surface area contributed by atoms with Crippen LogP contribution in [0, 0.1) is 23.2 Å². The van der Waals surface area contributed by atoms with Crippen molar-refractivity contribution in [3.63, 3.8) is 0 Å². The molecule has 0 spiro atoms. The van der Waals surface area contributed by atoms with Crippen molar-refractivity contribution in [1.29, 1.82) is 0 Å². The van der Waals surface area contributed by atoms with Crippen LogP contribution in [0.4, 0.5) is 0 Å². The standard InChI is InChI=1S/C29H47NO2SSi/c1-6-34(7-2,8-3)32-26-16-12-20-29(5)22(18-19-23(26)29)21(4)13-11-15-25(31)28-30-24-14-9-10-17-27(24)33-28/h9-10,14,17,21-23,25-26,31H,6-8,11-13,15-16,18-20H2,1-5H3. The molecule has 6 unspecified atom stereocenters. The topological polar surface area (TPSA) is 42.4 Å². The van der Waals surface area contributed by atoms with Crippen LogP contribution < -0.4 is 0 Å². The van der Waals surface area contributed by atoms with E-state index in [1.807, 2.05) is 18.2 Å². The summed E-state index contributed by atoms with van der Waals surface area (Å²) in [4.78, 5) is 4.67. The average molecular weight is 502 g/mol. The number of fused-ring (bicyclic) bond motifs is 2. The van der Waals surface area contributed by atoms with Gasteiger partial charge >= 0.3 is 0 Å². The largest absolute Gasteiger partial charge is 0.414 e. The Morgan fingerprint density at radius 3 is 2.56 bits per heavy atom. The van der Waals surface area contributed by atoms with E-state index in [-0.39, 0.29) is 0 Å². The maximum absolute atomic E-state index is 10.8. The second kappa shape index (κ2) is 11.1. The maximum atomic E-state index is 10.8. The summed E-state index contributed by atoms with van der Waals surface area (Å²) in [5.74, 6) is 2.25. The van der Waals surface area contributed by atoms with E-state index in [0.29, 0.717) is 17.4 Å². The molecule has 1 aromatic carbocycles. The van der Waals surface area contributed by atoms with Crippen molar-refractivity contribution in [2.24, 2.45) is 23.2 Å². The van der Waals surface area contributed by atoms with Crippen molar-refractivity contribution in [2.45, 2.75) is 116 Å². The summed E-state index contributed by atoms with van der Waals surface area (Å²) in [5, 5.41) is 11.7. The van der Waals surface area contributed by atoms with Crippen molar-refractivity contribution < 1.29 is 9.53 Å². The van der Waals surface area contributed by atoms with E-state index in [2.05, 4.69) is 45.7 Å². The fourth-order valence-corrected chi connectivity index (χ4v) is 11.5. The zero-order valence-corrected chi connectivity index (χ0v) is 24.0. The van der Waals surface area contributed by atoms with Crippen LogP contribution in [0.3, 0.4) is 0 Å². The molecule has 2 saturated carbocycles. The average Bonchev–Trinajstić information content (AvgIpc) is 3.44. The van der Waals surface area contributed by atoms with Gasteiger partial charge in [-0.15, -0.1) is 11.3 Å². The Morgan fingerprint density at radius 2 is 1.85 bits per heavy atom. The van der Waals surface area contributed by atoms with Gasteiger partial charge in [0.1, 0.15) is 11.1 Å². The number of aromatic nitrogens is 1. The molecule has 6 atom stereocenters. The summed E-state index contributed by atoms with van der Waals surface area (Å²) in [6.07, 6.45) is 9.88. The van der Waals surface area contributed by atoms with Crippen LogP contribution >= 0.6 is 11.3 Å². The third-order valence-corrected chi connectivity index (χ3v) is 15.7. The highest BCUT2D eigenvalue weighted by atomic mass is 32.1. The molecule has 2 fully saturated rings. The third kappa shape index (κ3) is 5.19. The molecule has 2 aromatic rings. The van der Waals surface area contributed by atoms with Gasteiger partial charge in [-0.1, -0.05) is 66.0 Å². The van der Waals surface area contributed by atoms with Gasteiger partial charge in [0.25, 0.3) is 0 Å². The molecule has 2 aliphatic carbocycles. The minimum atomic E-state index is -1.56. The number of hydrogen-bond donors (Lipinski definition) is 1. The van der Waals surface area contributed by atoms with Crippen LogP contribution in [0.5, 0.6) is 0 Å². The Morgan fingerprint density at radius 1 is 1.12 bits per heavy atom. The first-order valence-electron chi connectivity index (χ1n) is 14.1. The summed E-state index contributed by atoms with van der Waals surface area (Å²) in [5.41, 5.74) is 1.44. The number of rotatable bonds is 11. The lowest BCUT2D eigenvalue weighted by Gasteiger charge is -2.49. The molecule has 34 heavy (non-hydrogen) atoms. The summed E-state index contributed by atoms with van der Waals surface area (Å²) in [6, 6.07) is 12.0. The van der Waals surface area contributed by atoms with Gasteiger partial charge in [-0.2, -0.15) is 0 Å². The van der Waals surface area contributed by atoms with Crippen molar-refractivity contribution >= 4 is 29.9 Å². The molecule has 1 heterocycles. The van der Waals surface area contributed by atoms with E-state index >= 15 is 0 Å². The van der Waals surface area contributed by atoms with Gasteiger partial charge in [-0.25, -0.2) is 4.98 Å². The highest BCUT2D eigenvalue weighted by Gasteiger charge is 2.53. The van der Waals surface area contributed by atoms with E-state index in [9.17, 15) is 5.11 Å². The van der Waals surface area contributed by atoms with E-state index in [1.165, 1.54) is 61.4 Å². The van der Waals surface area contributed by atoms with Crippen LogP contribution in [0.1, 0.15) is 97.1 Å². The molecule has 190 valence electrons. The second-order valence-corrected chi connectivity index (χ2v) is 17.3. The number of aliphatic hydroxyl groups is 1. The Labute approximate surface area is 212 Å². The number of hydrogen-bond acceptors (Lipinski definition) is 4. The SMILES string of the molecule is CC[Si](CC)(CC)OC1CCCC2(C)C(C(C)CCCC(O)c3nc4ccccc4s3)CCC12. The first kappa shape index (κ1) is 26.3. The van der Waals surface area contributed by atoms with Crippen molar-refractivity contribution in [1.82, 2.24) is 4.98 Å². The highest BCUT2D eigenvalue weighted by Crippen LogP contribution is 2.59. The molecule has 0 aliphatic heterocycles. The quantitative estimate of drug-likeness (QED) is 0.313. The lowest BCUT2D eigenvalue weighted by Crippen LogP contribution is -2.48. The van der Waals surface area contributed by atoms with Crippen LogP contribution in [0.25, 0.3) is 10.2 Å². The molecule has 1 aromatic heterocycles. The summed E-state index contributed by atoms with van der Waals surface area (Å²) in [6.45, 7) is 12.2. The maximum Gasteiger partial charge on any atom is 0.192 e. The molecular weight excluding hydrogens is 454 g/mol. The summed E-state index contributed by atoms with van der Waals surface area (Å²) >= 11 is 1.64. The second-order valence-electron chi connectivity index (χ2n) is 11.5. The monoisotopic (exact) mass is 501 g/mol. The van der Waals surface area contributed by atoms with Crippen molar-refractivity contribution in [3.8, 4) is 0 Å². The predicted octanol–water partition coefficient (Wildman–Crippen LogP) is 8.74. The number of para-hydroxylation sites is 1. The van der Waals surface area contributed by atoms with Gasteiger partial charge in [0, 0.05) is 6.10 Å². The minimum absolute atomic E-state index is 0.431. The molecule has 2 aliphatic rings. The fourth-order valence-electron chi connectivity index (χ4n) is 7.55. The zero-order chi connectivity index (χ0) is 24.3. The van der Waals surface area contributed by atoms with E-state index in [1.54, 1.807) is 11.3 Å². The first-order chi connectivity index (χ1) is 16.4. The van der Waals surface area contributed by atoms with Crippen LogP contribution in [-0.2, 0) is 4.43 Å². The molecule has 4 rings (SSSR count). The molecule has 0 radical (unpaired) electrons.